The number of likely N-dealkylation sites (tertiary alicyclic amines) is 1. The fourth-order valence-electron chi connectivity index (χ4n) is 3.83. The van der Waals surface area contributed by atoms with Crippen LogP contribution >= 0.6 is 0 Å². The summed E-state index contributed by atoms with van der Waals surface area (Å²) in [4.78, 5) is 2.76. The van der Waals surface area contributed by atoms with Gasteiger partial charge in [-0.15, -0.1) is 0 Å². The number of piperidine rings is 1. The molecule has 0 spiro atoms. The number of hydrogen-bond donors (Lipinski definition) is 1. The molecule has 1 saturated heterocycles. The molecule has 1 N–H and O–H groups in total. The van der Waals surface area contributed by atoms with Gasteiger partial charge in [0.2, 0.25) is 10.0 Å². The van der Waals surface area contributed by atoms with Gasteiger partial charge in [-0.3, -0.25) is 4.90 Å². The van der Waals surface area contributed by atoms with Gasteiger partial charge in [-0.2, -0.15) is 0 Å². The highest BCUT2D eigenvalue weighted by Crippen LogP contribution is 2.20. The Kier molecular flexibility index (Phi) is 5.76. The van der Waals surface area contributed by atoms with Gasteiger partial charge < -0.3 is 0 Å². The van der Waals surface area contributed by atoms with Crippen molar-refractivity contribution in [2.45, 2.75) is 37.2 Å². The van der Waals surface area contributed by atoms with Crippen molar-refractivity contribution < 1.29 is 8.42 Å². The summed E-state index contributed by atoms with van der Waals surface area (Å²) >= 11 is 0. The molecule has 3 aromatic rings. The quantitative estimate of drug-likeness (QED) is 0.678. The molecule has 28 heavy (non-hydrogen) atoms. The van der Waals surface area contributed by atoms with Gasteiger partial charge in [-0.1, -0.05) is 61.0 Å². The van der Waals surface area contributed by atoms with E-state index >= 15 is 0 Å². The van der Waals surface area contributed by atoms with Crippen molar-refractivity contribution in [2.75, 3.05) is 13.1 Å². The van der Waals surface area contributed by atoms with E-state index in [1.165, 1.54) is 24.8 Å². The Labute approximate surface area is 167 Å². The molecule has 4 rings (SSSR count). The summed E-state index contributed by atoms with van der Waals surface area (Å²) < 4.78 is 28.4. The number of hydrogen-bond acceptors (Lipinski definition) is 3. The molecular formula is C23H26N2O2S. The van der Waals surface area contributed by atoms with Crippen molar-refractivity contribution in [2.24, 2.45) is 0 Å². The molecular weight excluding hydrogens is 368 g/mol. The zero-order valence-electron chi connectivity index (χ0n) is 16.0. The SMILES string of the molecule is O=S(=O)(NCc1ccccc1CN1CCCCC1)c1ccc2ccccc2c1. The molecule has 0 bridgehead atoms. The van der Waals surface area contributed by atoms with E-state index in [1.54, 1.807) is 12.1 Å². The van der Waals surface area contributed by atoms with E-state index in [4.69, 9.17) is 0 Å². The fourth-order valence-corrected chi connectivity index (χ4v) is 4.87. The lowest BCUT2D eigenvalue weighted by molar-refractivity contribution is 0.220. The normalized spacial score (nSPS) is 15.7. The average molecular weight is 395 g/mol. The molecule has 1 aliphatic heterocycles. The first-order valence-electron chi connectivity index (χ1n) is 9.89. The standard InChI is InChI=1S/C23H26N2O2S/c26-28(27,23-13-12-19-8-2-3-9-20(19)16-23)24-17-21-10-4-5-11-22(21)18-25-14-6-1-7-15-25/h2-5,8-13,16,24H,1,6-7,14-15,17-18H2. The number of fused-ring (bicyclic) bond motifs is 1. The van der Waals surface area contributed by atoms with Crippen LogP contribution in [0.15, 0.2) is 71.6 Å². The number of benzene rings is 3. The highest BCUT2D eigenvalue weighted by atomic mass is 32.2. The molecule has 0 aliphatic carbocycles. The van der Waals surface area contributed by atoms with Gasteiger partial charge in [-0.05, 0) is 60.0 Å². The first-order valence-corrected chi connectivity index (χ1v) is 11.4. The van der Waals surface area contributed by atoms with Gasteiger partial charge in [0, 0.05) is 13.1 Å². The van der Waals surface area contributed by atoms with Crippen molar-refractivity contribution >= 4 is 20.8 Å². The Balaban J connectivity index is 1.50. The molecule has 1 heterocycles. The lowest BCUT2D eigenvalue weighted by atomic mass is 10.1. The Bertz CT molecular complexity index is 1060. The molecule has 0 unspecified atom stereocenters. The van der Waals surface area contributed by atoms with Gasteiger partial charge in [-0.25, -0.2) is 13.1 Å². The summed E-state index contributed by atoms with van der Waals surface area (Å²) in [7, 11) is -3.56. The Morgan fingerprint density at radius 3 is 2.25 bits per heavy atom. The minimum atomic E-state index is -3.56. The van der Waals surface area contributed by atoms with E-state index in [-0.39, 0.29) is 0 Å². The lowest BCUT2D eigenvalue weighted by Gasteiger charge is -2.27. The van der Waals surface area contributed by atoms with Gasteiger partial charge in [0.1, 0.15) is 0 Å². The topological polar surface area (TPSA) is 49.4 Å². The second-order valence-corrected chi connectivity index (χ2v) is 9.21. The van der Waals surface area contributed by atoms with Crippen LogP contribution in [-0.2, 0) is 23.1 Å². The van der Waals surface area contributed by atoms with Gasteiger partial charge in [0.15, 0.2) is 0 Å². The molecule has 0 atom stereocenters. The van der Waals surface area contributed by atoms with Gasteiger partial charge in [0.25, 0.3) is 0 Å². The minimum absolute atomic E-state index is 0.305. The largest absolute Gasteiger partial charge is 0.299 e. The van der Waals surface area contributed by atoms with Crippen LogP contribution in [0.4, 0.5) is 0 Å². The zero-order chi connectivity index (χ0) is 19.4. The van der Waals surface area contributed by atoms with Crippen LogP contribution in [0.25, 0.3) is 10.8 Å². The third-order valence-corrected chi connectivity index (χ3v) is 6.84. The molecule has 0 saturated carbocycles. The maximum absolute atomic E-state index is 12.8. The molecule has 0 aromatic heterocycles. The van der Waals surface area contributed by atoms with Crippen molar-refractivity contribution in [1.29, 1.82) is 0 Å². The van der Waals surface area contributed by atoms with Crippen LogP contribution < -0.4 is 4.72 Å². The fraction of sp³-hybridized carbons (Fsp3) is 0.304. The minimum Gasteiger partial charge on any atom is -0.299 e. The predicted molar refractivity (Wildman–Crippen MR) is 114 cm³/mol. The van der Waals surface area contributed by atoms with Crippen molar-refractivity contribution in [1.82, 2.24) is 9.62 Å². The smallest absolute Gasteiger partial charge is 0.240 e. The first kappa shape index (κ1) is 19.1. The number of rotatable bonds is 6. The van der Waals surface area contributed by atoms with E-state index in [0.717, 1.165) is 36.0 Å². The summed E-state index contributed by atoms with van der Waals surface area (Å²) in [6, 6.07) is 21.2. The van der Waals surface area contributed by atoms with E-state index in [2.05, 4.69) is 15.7 Å². The number of nitrogens with zero attached hydrogens (tertiary/aromatic N) is 1. The number of nitrogens with one attached hydrogen (secondary N) is 1. The second-order valence-electron chi connectivity index (χ2n) is 7.44. The molecule has 5 heteroatoms. The molecule has 0 amide bonds. The van der Waals surface area contributed by atoms with Crippen LogP contribution in [-0.4, -0.2) is 26.4 Å². The zero-order valence-corrected chi connectivity index (χ0v) is 16.8. The van der Waals surface area contributed by atoms with E-state index in [9.17, 15) is 8.42 Å². The molecule has 0 radical (unpaired) electrons. The van der Waals surface area contributed by atoms with E-state index < -0.39 is 10.0 Å². The molecule has 4 nitrogen and oxygen atoms in total. The maximum atomic E-state index is 12.8. The summed E-state index contributed by atoms with van der Waals surface area (Å²) in [6.45, 7) is 3.43. The van der Waals surface area contributed by atoms with Crippen LogP contribution in [0.3, 0.4) is 0 Å². The number of sulfonamides is 1. The van der Waals surface area contributed by atoms with Crippen LogP contribution in [0.1, 0.15) is 30.4 Å². The molecule has 1 fully saturated rings. The lowest BCUT2D eigenvalue weighted by Crippen LogP contribution is -2.30. The first-order chi connectivity index (χ1) is 13.6. The summed E-state index contributed by atoms with van der Waals surface area (Å²) in [5.74, 6) is 0. The highest BCUT2D eigenvalue weighted by Gasteiger charge is 2.16. The third-order valence-electron chi connectivity index (χ3n) is 5.44. The second kappa shape index (κ2) is 8.43. The molecule has 3 aromatic carbocycles. The maximum Gasteiger partial charge on any atom is 0.240 e. The van der Waals surface area contributed by atoms with Crippen molar-refractivity contribution in [3.8, 4) is 0 Å². The Morgan fingerprint density at radius 1 is 0.786 bits per heavy atom. The van der Waals surface area contributed by atoms with Gasteiger partial charge >= 0.3 is 0 Å². The predicted octanol–water partition coefficient (Wildman–Crippen LogP) is 4.30. The molecule has 1 aliphatic rings. The van der Waals surface area contributed by atoms with Crippen molar-refractivity contribution in [3.05, 3.63) is 77.9 Å². The van der Waals surface area contributed by atoms with Crippen molar-refractivity contribution in [3.63, 3.8) is 0 Å². The van der Waals surface area contributed by atoms with Gasteiger partial charge in [0.05, 0.1) is 4.90 Å². The monoisotopic (exact) mass is 394 g/mol. The Hall–Kier alpha value is -2.21. The summed E-state index contributed by atoms with van der Waals surface area (Å²) in [6.07, 6.45) is 3.80. The summed E-state index contributed by atoms with van der Waals surface area (Å²) in [5, 5.41) is 1.96. The summed E-state index contributed by atoms with van der Waals surface area (Å²) in [5.41, 5.74) is 2.24. The molecule has 146 valence electrons. The third kappa shape index (κ3) is 4.43. The highest BCUT2D eigenvalue weighted by molar-refractivity contribution is 7.89. The van der Waals surface area contributed by atoms with Crippen LogP contribution in [0, 0.1) is 0 Å². The Morgan fingerprint density at radius 2 is 1.46 bits per heavy atom. The van der Waals surface area contributed by atoms with E-state index in [0.29, 0.717) is 11.4 Å². The van der Waals surface area contributed by atoms with Crippen LogP contribution in [0.2, 0.25) is 0 Å². The van der Waals surface area contributed by atoms with Crippen LogP contribution in [0.5, 0.6) is 0 Å². The van der Waals surface area contributed by atoms with E-state index in [1.807, 2.05) is 48.5 Å². The average Bonchev–Trinajstić information content (AvgIpc) is 2.73.